The van der Waals surface area contributed by atoms with Crippen LogP contribution in [0.25, 0.3) is 115 Å². The molecule has 0 fully saturated rings. The Morgan fingerprint density at radius 3 is 1.93 bits per heavy atom. The van der Waals surface area contributed by atoms with Crippen molar-refractivity contribution in [2.45, 2.75) is 0 Å². The Balaban J connectivity index is 1.15. The number of para-hydroxylation sites is 1. The predicted octanol–water partition coefficient (Wildman–Crippen LogP) is 13.9. The van der Waals surface area contributed by atoms with Gasteiger partial charge in [0.2, 0.25) is 5.95 Å². The van der Waals surface area contributed by atoms with Crippen LogP contribution in [0.5, 0.6) is 0 Å². The van der Waals surface area contributed by atoms with E-state index in [1.54, 1.807) is 11.3 Å². The summed E-state index contributed by atoms with van der Waals surface area (Å²) in [6.07, 6.45) is 0. The summed E-state index contributed by atoms with van der Waals surface area (Å²) in [5.41, 5.74) is 7.95. The molecule has 0 saturated heterocycles. The molecule has 0 amide bonds. The Morgan fingerprint density at radius 1 is 0.456 bits per heavy atom. The highest BCUT2D eigenvalue weighted by Crippen LogP contribution is 2.46. The van der Waals surface area contributed by atoms with Gasteiger partial charge in [0.15, 0.2) is 11.6 Å². The molecule has 0 aliphatic carbocycles. The molecular formula is C51H30N4OS. The Kier molecular flexibility index (Phi) is 6.00. The van der Waals surface area contributed by atoms with Crippen LogP contribution in [0.1, 0.15) is 6.85 Å². The standard InChI is InChI=1S/C51H30N4OS/c1-4-14-31(15-5-1)35-21-12-24-41-45(35)38-27-26-34(30-42(38)56-41)50-52-49(33-18-8-3-9-19-33)53-51(54-50)55-39-23-11-10-20-37(39)46-40(55)28-29-44-48(46)47-36(22-13-25-43(47)57-44)32-16-6-2-7-17-32/h1-30H/i3D,8D,9D,18D,19D. The van der Waals surface area contributed by atoms with Crippen molar-refractivity contribution < 1.29 is 11.3 Å². The lowest BCUT2D eigenvalue weighted by Crippen LogP contribution is -2.06. The summed E-state index contributed by atoms with van der Waals surface area (Å²) in [6.45, 7) is 0. The molecule has 6 heteroatoms. The highest BCUT2D eigenvalue weighted by Gasteiger charge is 2.22. The third-order valence-corrected chi connectivity index (χ3v) is 11.9. The molecule has 0 aliphatic heterocycles. The highest BCUT2D eigenvalue weighted by atomic mass is 32.1. The van der Waals surface area contributed by atoms with Crippen molar-refractivity contribution in [2.24, 2.45) is 0 Å². The Bertz CT molecular complexity index is 3800. The van der Waals surface area contributed by atoms with E-state index in [1.807, 2.05) is 77.4 Å². The van der Waals surface area contributed by atoms with Crippen LogP contribution in [-0.4, -0.2) is 19.5 Å². The van der Waals surface area contributed by atoms with Gasteiger partial charge in [-0.05, 0) is 64.7 Å². The summed E-state index contributed by atoms with van der Waals surface area (Å²) in [7, 11) is 0. The normalized spacial score (nSPS) is 13.1. The molecule has 0 bridgehead atoms. The van der Waals surface area contributed by atoms with Gasteiger partial charge in [-0.1, -0.05) is 139 Å². The second-order valence-corrected chi connectivity index (χ2v) is 15.1. The number of fused-ring (bicyclic) bond motifs is 10. The number of hydrogen-bond donors (Lipinski definition) is 0. The third kappa shape index (κ3) is 4.98. The van der Waals surface area contributed by atoms with Gasteiger partial charge in [-0.2, -0.15) is 9.97 Å². The minimum atomic E-state index is -0.493. The first-order valence-corrected chi connectivity index (χ1v) is 19.4. The van der Waals surface area contributed by atoms with Gasteiger partial charge in [0.05, 0.1) is 17.9 Å². The van der Waals surface area contributed by atoms with Crippen molar-refractivity contribution >= 4 is 75.3 Å². The molecule has 12 rings (SSSR count). The molecule has 12 aromatic rings. The lowest BCUT2D eigenvalue weighted by molar-refractivity contribution is 0.669. The molecule has 0 spiro atoms. The summed E-state index contributed by atoms with van der Waals surface area (Å²) >= 11 is 1.76. The van der Waals surface area contributed by atoms with Gasteiger partial charge in [-0.25, -0.2) is 4.98 Å². The summed E-state index contributed by atoms with van der Waals surface area (Å²) in [6, 6.07) is 49.1. The van der Waals surface area contributed by atoms with Crippen molar-refractivity contribution in [2.75, 3.05) is 0 Å². The number of nitrogens with zero attached hydrogens (tertiary/aromatic N) is 4. The van der Waals surface area contributed by atoms with E-state index < -0.39 is 30.2 Å². The van der Waals surface area contributed by atoms with Gasteiger partial charge in [0.25, 0.3) is 0 Å². The fraction of sp³-hybridized carbons (Fsp3) is 0. The SMILES string of the molecule is [2H]c1c([2H])c([2H])c(-c2nc(-c3ccc4c(c3)oc3cccc(-c5ccccc5)c34)nc(-n3c4ccccc4c4c5c(ccc43)sc3cccc(-c4ccccc4)c35)n2)c([2H])c1[2H]. The van der Waals surface area contributed by atoms with Gasteiger partial charge in [0.1, 0.15) is 11.2 Å². The van der Waals surface area contributed by atoms with Crippen LogP contribution in [0, 0.1) is 0 Å². The molecule has 0 unspecified atom stereocenters. The minimum Gasteiger partial charge on any atom is -0.456 e. The molecule has 8 aromatic carbocycles. The molecule has 4 heterocycles. The minimum absolute atomic E-state index is 0.0441. The average molecular weight is 752 g/mol. The Hall–Kier alpha value is -7.41. The number of aromatic nitrogens is 4. The summed E-state index contributed by atoms with van der Waals surface area (Å²) < 4.78 is 54.1. The quantitative estimate of drug-likeness (QED) is 0.176. The van der Waals surface area contributed by atoms with Crippen LogP contribution >= 0.6 is 11.3 Å². The van der Waals surface area contributed by atoms with E-state index in [1.165, 1.54) is 4.70 Å². The van der Waals surface area contributed by atoms with Crippen molar-refractivity contribution in [3.63, 3.8) is 0 Å². The van der Waals surface area contributed by atoms with Crippen LogP contribution < -0.4 is 0 Å². The molecule has 0 saturated carbocycles. The van der Waals surface area contributed by atoms with E-state index >= 15 is 0 Å². The van der Waals surface area contributed by atoms with Crippen LogP contribution in [0.4, 0.5) is 0 Å². The van der Waals surface area contributed by atoms with Gasteiger partial charge < -0.3 is 4.42 Å². The Labute approximate surface area is 337 Å². The second-order valence-electron chi connectivity index (χ2n) is 14.0. The summed E-state index contributed by atoms with van der Waals surface area (Å²) in [4.78, 5) is 15.0. The smallest absolute Gasteiger partial charge is 0.238 e. The molecule has 266 valence electrons. The number of rotatable bonds is 5. The predicted molar refractivity (Wildman–Crippen MR) is 236 cm³/mol. The van der Waals surface area contributed by atoms with Crippen molar-refractivity contribution in [1.82, 2.24) is 19.5 Å². The maximum atomic E-state index is 8.96. The van der Waals surface area contributed by atoms with Gasteiger partial charge >= 0.3 is 0 Å². The topological polar surface area (TPSA) is 56.7 Å². The molecule has 0 radical (unpaired) electrons. The monoisotopic (exact) mass is 751 g/mol. The van der Waals surface area contributed by atoms with Gasteiger partial charge in [-0.3, -0.25) is 4.57 Å². The van der Waals surface area contributed by atoms with E-state index in [4.69, 9.17) is 26.2 Å². The van der Waals surface area contributed by atoms with Crippen LogP contribution in [0.3, 0.4) is 0 Å². The fourth-order valence-electron chi connectivity index (χ4n) is 8.33. The summed E-state index contributed by atoms with van der Waals surface area (Å²) in [5, 5.41) is 6.24. The largest absolute Gasteiger partial charge is 0.456 e. The van der Waals surface area contributed by atoms with Crippen molar-refractivity contribution in [3.05, 3.63) is 182 Å². The number of furan rings is 1. The van der Waals surface area contributed by atoms with Crippen molar-refractivity contribution in [1.29, 1.82) is 0 Å². The molecule has 4 aromatic heterocycles. The average Bonchev–Trinajstić information content (AvgIpc) is 4.00. The first-order valence-electron chi connectivity index (χ1n) is 21.1. The maximum absolute atomic E-state index is 8.96. The number of thiophene rings is 1. The van der Waals surface area contributed by atoms with Crippen LogP contribution in [-0.2, 0) is 0 Å². The number of benzene rings is 8. The van der Waals surface area contributed by atoms with Crippen LogP contribution in [0.15, 0.2) is 186 Å². The van der Waals surface area contributed by atoms with E-state index in [-0.39, 0.29) is 23.2 Å². The van der Waals surface area contributed by atoms with Crippen LogP contribution in [0.2, 0.25) is 0 Å². The molecule has 0 atom stereocenters. The fourth-order valence-corrected chi connectivity index (χ4v) is 9.47. The van der Waals surface area contributed by atoms with E-state index in [2.05, 4.69) is 78.9 Å². The first kappa shape index (κ1) is 27.2. The lowest BCUT2D eigenvalue weighted by atomic mass is 9.97. The van der Waals surface area contributed by atoms with Gasteiger partial charge in [0, 0.05) is 52.8 Å². The van der Waals surface area contributed by atoms with E-state index in [9.17, 15) is 0 Å². The molecule has 5 nitrogen and oxygen atoms in total. The van der Waals surface area contributed by atoms with Gasteiger partial charge in [-0.15, -0.1) is 11.3 Å². The van der Waals surface area contributed by atoms with E-state index in [0.29, 0.717) is 11.1 Å². The van der Waals surface area contributed by atoms with E-state index in [0.717, 1.165) is 75.9 Å². The maximum Gasteiger partial charge on any atom is 0.238 e. The van der Waals surface area contributed by atoms with Crippen molar-refractivity contribution in [3.8, 4) is 51.0 Å². The third-order valence-electron chi connectivity index (χ3n) is 10.8. The number of hydrogen-bond acceptors (Lipinski definition) is 5. The first-order chi connectivity index (χ1) is 30.3. The molecule has 0 N–H and O–H groups in total. The lowest BCUT2D eigenvalue weighted by Gasteiger charge is -2.11. The zero-order valence-electron chi connectivity index (χ0n) is 35.0. The Morgan fingerprint density at radius 2 is 1.14 bits per heavy atom. The second kappa shape index (κ2) is 12.6. The zero-order valence-corrected chi connectivity index (χ0v) is 30.9. The molecule has 0 aliphatic rings. The molecule has 57 heavy (non-hydrogen) atoms. The highest BCUT2D eigenvalue weighted by molar-refractivity contribution is 7.26. The molecular weight excluding hydrogens is 717 g/mol. The zero-order chi connectivity index (χ0) is 41.8. The summed E-state index contributed by atoms with van der Waals surface area (Å²) in [5.74, 6) is 0.445.